The second kappa shape index (κ2) is 6.66. The molecule has 1 heterocycles. The van der Waals surface area contributed by atoms with Crippen molar-refractivity contribution < 1.29 is 22.8 Å². The molecule has 0 aromatic heterocycles. The second-order valence-corrected chi connectivity index (χ2v) is 5.45. The van der Waals surface area contributed by atoms with Crippen molar-refractivity contribution in [1.82, 2.24) is 10.2 Å². The van der Waals surface area contributed by atoms with Crippen LogP contribution in [0.4, 0.5) is 13.2 Å². The molecular formula is C14H23F3N2O2. The Kier molecular flexibility index (Phi) is 5.64. The molecule has 1 atom stereocenters. The van der Waals surface area contributed by atoms with Gasteiger partial charge in [-0.1, -0.05) is 27.2 Å². The van der Waals surface area contributed by atoms with Crippen LogP contribution in [0.15, 0.2) is 0 Å². The van der Waals surface area contributed by atoms with E-state index in [2.05, 4.69) is 5.32 Å². The van der Waals surface area contributed by atoms with Gasteiger partial charge in [-0.25, -0.2) is 0 Å². The maximum Gasteiger partial charge on any atom is 0.390 e. The van der Waals surface area contributed by atoms with Crippen molar-refractivity contribution in [3.05, 3.63) is 0 Å². The average molecular weight is 308 g/mol. The molecule has 1 fully saturated rings. The first-order valence-corrected chi connectivity index (χ1v) is 7.40. The van der Waals surface area contributed by atoms with Crippen LogP contribution in [0.25, 0.3) is 0 Å². The van der Waals surface area contributed by atoms with E-state index < -0.39 is 36.6 Å². The minimum Gasteiger partial charge on any atom is -0.340 e. The summed E-state index contributed by atoms with van der Waals surface area (Å²) in [5, 5.41) is 2.73. The van der Waals surface area contributed by atoms with Gasteiger partial charge in [0.1, 0.15) is 11.6 Å². The molecule has 1 N–H and O–H groups in total. The van der Waals surface area contributed by atoms with Crippen LogP contribution in [0.1, 0.15) is 52.9 Å². The molecule has 7 heteroatoms. The van der Waals surface area contributed by atoms with Gasteiger partial charge in [0, 0.05) is 6.54 Å². The van der Waals surface area contributed by atoms with Crippen LogP contribution < -0.4 is 5.32 Å². The molecule has 0 saturated carbocycles. The summed E-state index contributed by atoms with van der Waals surface area (Å²) >= 11 is 0. The maximum absolute atomic E-state index is 12.6. The monoisotopic (exact) mass is 308 g/mol. The summed E-state index contributed by atoms with van der Waals surface area (Å²) in [7, 11) is 0. The Morgan fingerprint density at radius 3 is 2.19 bits per heavy atom. The molecule has 1 aliphatic heterocycles. The van der Waals surface area contributed by atoms with Crippen LogP contribution >= 0.6 is 0 Å². The Balaban J connectivity index is 3.03. The third-order valence-corrected chi connectivity index (χ3v) is 4.12. The van der Waals surface area contributed by atoms with E-state index in [4.69, 9.17) is 0 Å². The van der Waals surface area contributed by atoms with E-state index in [-0.39, 0.29) is 5.91 Å². The molecule has 0 spiro atoms. The molecule has 0 radical (unpaired) electrons. The number of nitrogens with one attached hydrogen (secondary N) is 1. The third kappa shape index (κ3) is 3.89. The van der Waals surface area contributed by atoms with E-state index in [1.807, 2.05) is 6.92 Å². The summed E-state index contributed by atoms with van der Waals surface area (Å²) in [5.41, 5.74) is -1.06. The Labute approximate surface area is 123 Å². The van der Waals surface area contributed by atoms with Gasteiger partial charge in [-0.15, -0.1) is 0 Å². The van der Waals surface area contributed by atoms with Gasteiger partial charge in [-0.2, -0.15) is 13.2 Å². The molecular weight excluding hydrogens is 285 g/mol. The van der Waals surface area contributed by atoms with Gasteiger partial charge in [0.15, 0.2) is 0 Å². The number of carbonyl (C=O) groups excluding carboxylic acids is 2. The topological polar surface area (TPSA) is 49.4 Å². The summed E-state index contributed by atoms with van der Waals surface area (Å²) in [6.07, 6.45) is -3.69. The largest absolute Gasteiger partial charge is 0.390 e. The van der Waals surface area contributed by atoms with Gasteiger partial charge in [-0.3, -0.25) is 9.59 Å². The molecule has 2 amide bonds. The molecule has 0 aromatic rings. The fourth-order valence-corrected chi connectivity index (χ4v) is 2.72. The lowest BCUT2D eigenvalue weighted by Crippen LogP contribution is -2.70. The van der Waals surface area contributed by atoms with E-state index in [0.29, 0.717) is 25.7 Å². The van der Waals surface area contributed by atoms with Crippen molar-refractivity contribution in [2.24, 2.45) is 0 Å². The van der Waals surface area contributed by atoms with Gasteiger partial charge in [-0.05, 0) is 19.3 Å². The van der Waals surface area contributed by atoms with Crippen LogP contribution in [0.5, 0.6) is 0 Å². The van der Waals surface area contributed by atoms with Crippen LogP contribution in [-0.2, 0) is 9.59 Å². The first-order valence-electron chi connectivity index (χ1n) is 7.40. The molecule has 1 saturated heterocycles. The van der Waals surface area contributed by atoms with E-state index in [0.717, 1.165) is 4.90 Å². The lowest BCUT2D eigenvalue weighted by molar-refractivity contribution is -0.163. The molecule has 1 aliphatic rings. The smallest absolute Gasteiger partial charge is 0.340 e. The highest BCUT2D eigenvalue weighted by molar-refractivity contribution is 5.99. The van der Waals surface area contributed by atoms with Gasteiger partial charge >= 0.3 is 6.18 Å². The minimum absolute atomic E-state index is 0.345. The lowest BCUT2D eigenvalue weighted by Gasteiger charge is -2.45. The number of nitrogens with zero attached hydrogens (tertiary/aromatic N) is 1. The zero-order valence-corrected chi connectivity index (χ0v) is 12.7. The van der Waals surface area contributed by atoms with Crippen LogP contribution in [-0.4, -0.2) is 41.0 Å². The molecule has 21 heavy (non-hydrogen) atoms. The van der Waals surface area contributed by atoms with Crippen molar-refractivity contribution in [1.29, 1.82) is 0 Å². The Hall–Kier alpha value is -1.27. The molecule has 1 unspecified atom stereocenters. The summed E-state index contributed by atoms with van der Waals surface area (Å²) in [5.74, 6) is -0.739. The first kappa shape index (κ1) is 17.8. The SMILES string of the molecule is CCCC1C(=O)NC(CC)(CC)C(=O)N1CCC(F)(F)F. The van der Waals surface area contributed by atoms with Gasteiger partial charge in [0.25, 0.3) is 0 Å². The van der Waals surface area contributed by atoms with Crippen molar-refractivity contribution in [3.63, 3.8) is 0 Å². The Morgan fingerprint density at radius 2 is 1.76 bits per heavy atom. The third-order valence-electron chi connectivity index (χ3n) is 4.12. The van der Waals surface area contributed by atoms with Gasteiger partial charge < -0.3 is 10.2 Å². The maximum atomic E-state index is 12.6. The van der Waals surface area contributed by atoms with E-state index in [1.165, 1.54) is 0 Å². The number of hydrogen-bond acceptors (Lipinski definition) is 2. The van der Waals surface area contributed by atoms with Crippen molar-refractivity contribution in [2.75, 3.05) is 6.54 Å². The average Bonchev–Trinajstić information content (AvgIpc) is 2.41. The Morgan fingerprint density at radius 1 is 1.19 bits per heavy atom. The zero-order valence-electron chi connectivity index (χ0n) is 12.7. The summed E-state index contributed by atoms with van der Waals surface area (Å²) < 4.78 is 37.4. The van der Waals surface area contributed by atoms with Crippen molar-refractivity contribution >= 4 is 11.8 Å². The normalized spacial score (nSPS) is 22.4. The zero-order chi connectivity index (χ0) is 16.3. The lowest BCUT2D eigenvalue weighted by atomic mass is 9.86. The summed E-state index contributed by atoms with van der Waals surface area (Å²) in [6, 6.07) is -0.795. The predicted octanol–water partition coefficient (Wildman–Crippen LogP) is 2.62. The van der Waals surface area contributed by atoms with E-state index >= 15 is 0 Å². The number of rotatable bonds is 6. The number of piperazine rings is 1. The molecule has 4 nitrogen and oxygen atoms in total. The highest BCUT2D eigenvalue weighted by atomic mass is 19.4. The number of halogens is 3. The van der Waals surface area contributed by atoms with Crippen molar-refractivity contribution in [3.8, 4) is 0 Å². The number of alkyl halides is 3. The molecule has 0 aliphatic carbocycles. The minimum atomic E-state index is -4.34. The molecule has 0 aromatic carbocycles. The Bertz CT molecular complexity index is 392. The number of hydrogen-bond donors (Lipinski definition) is 1. The van der Waals surface area contributed by atoms with Gasteiger partial charge in [0.05, 0.1) is 6.42 Å². The number of carbonyl (C=O) groups is 2. The highest BCUT2D eigenvalue weighted by Gasteiger charge is 2.49. The standard InChI is InChI=1S/C14H23F3N2O2/c1-4-7-10-11(20)18-13(5-2,6-3)12(21)19(10)9-8-14(15,16)17/h10H,4-9H2,1-3H3,(H,18,20). The fourth-order valence-electron chi connectivity index (χ4n) is 2.72. The van der Waals surface area contributed by atoms with Crippen LogP contribution in [0.2, 0.25) is 0 Å². The molecule has 1 rings (SSSR count). The second-order valence-electron chi connectivity index (χ2n) is 5.45. The molecule has 122 valence electrons. The van der Waals surface area contributed by atoms with Crippen LogP contribution in [0, 0.1) is 0 Å². The number of amides is 2. The van der Waals surface area contributed by atoms with Crippen molar-refractivity contribution in [2.45, 2.75) is 70.6 Å². The highest BCUT2D eigenvalue weighted by Crippen LogP contribution is 2.29. The quantitative estimate of drug-likeness (QED) is 0.820. The molecule has 0 bridgehead atoms. The fraction of sp³-hybridized carbons (Fsp3) is 0.857. The van der Waals surface area contributed by atoms with E-state index in [9.17, 15) is 22.8 Å². The summed E-state index contributed by atoms with van der Waals surface area (Å²) in [4.78, 5) is 25.9. The van der Waals surface area contributed by atoms with Crippen LogP contribution in [0.3, 0.4) is 0 Å². The summed E-state index contributed by atoms with van der Waals surface area (Å²) in [6.45, 7) is 4.89. The predicted molar refractivity (Wildman–Crippen MR) is 72.5 cm³/mol. The first-order chi connectivity index (χ1) is 9.70. The van der Waals surface area contributed by atoms with E-state index in [1.54, 1.807) is 13.8 Å². The van der Waals surface area contributed by atoms with Gasteiger partial charge in [0.2, 0.25) is 11.8 Å².